The second-order valence-electron chi connectivity index (χ2n) is 9.12. The van der Waals surface area contributed by atoms with Crippen LogP contribution in [0.25, 0.3) is 11.0 Å². The van der Waals surface area contributed by atoms with Gasteiger partial charge in [0, 0.05) is 10.6 Å². The lowest BCUT2D eigenvalue weighted by molar-refractivity contribution is -0.121. The third kappa shape index (κ3) is 2.94. The van der Waals surface area contributed by atoms with Crippen LogP contribution in [0.15, 0.2) is 82.0 Å². The summed E-state index contributed by atoms with van der Waals surface area (Å²) in [5.41, 5.74) is -0.0461. The van der Waals surface area contributed by atoms with Crippen molar-refractivity contribution in [3.05, 3.63) is 116 Å². The second-order valence-corrected chi connectivity index (χ2v) is 10.7. The molecule has 0 saturated carbocycles. The Bertz CT molecular complexity index is 1870. The molecule has 0 bridgehead atoms. The van der Waals surface area contributed by atoms with Crippen LogP contribution in [-0.2, 0) is 16.9 Å². The number of anilines is 2. The lowest BCUT2D eigenvalue weighted by atomic mass is 9.84. The highest BCUT2D eigenvalue weighted by Gasteiger charge is 2.66. The van der Waals surface area contributed by atoms with Crippen LogP contribution in [-0.4, -0.2) is 22.0 Å². The van der Waals surface area contributed by atoms with E-state index in [-0.39, 0.29) is 34.0 Å². The molecule has 7 rings (SSSR count). The number of aryl methyl sites for hydroxylation is 1. The van der Waals surface area contributed by atoms with E-state index in [0.29, 0.717) is 21.3 Å². The fourth-order valence-corrected chi connectivity index (χ4v) is 6.28. The number of hydrogen-bond acceptors (Lipinski definition) is 7. The number of amides is 2. The van der Waals surface area contributed by atoms with Crippen LogP contribution < -0.4 is 15.2 Å². The van der Waals surface area contributed by atoms with Crippen molar-refractivity contribution < 1.29 is 14.0 Å². The van der Waals surface area contributed by atoms with E-state index < -0.39 is 22.8 Å². The summed E-state index contributed by atoms with van der Waals surface area (Å²) in [7, 11) is 0. The van der Waals surface area contributed by atoms with Gasteiger partial charge in [0.15, 0.2) is 11.0 Å². The largest absolute Gasteiger partial charge is 0.450 e. The van der Waals surface area contributed by atoms with Crippen molar-refractivity contribution in [2.45, 2.75) is 19.0 Å². The van der Waals surface area contributed by atoms with Gasteiger partial charge in [0.25, 0.3) is 11.8 Å². The number of benzene rings is 3. The first kappa shape index (κ1) is 22.8. The van der Waals surface area contributed by atoms with Crippen molar-refractivity contribution in [1.29, 1.82) is 0 Å². The standard InChI is InChI=1S/C28H17ClN4O4S/c1-15-30-31-27(38-15)33-25(35)24-22(23(34)18-6-2-5-9-21(18)37-24)28(33)19-7-3-4-8-20(19)32(26(28)36)14-16-10-12-17(29)13-11-16/h2-13H,14H2,1H3. The zero-order valence-electron chi connectivity index (χ0n) is 19.8. The average molecular weight is 541 g/mol. The summed E-state index contributed by atoms with van der Waals surface area (Å²) in [6.45, 7) is 1.97. The molecule has 186 valence electrons. The van der Waals surface area contributed by atoms with Gasteiger partial charge in [-0.1, -0.05) is 65.4 Å². The van der Waals surface area contributed by atoms with Gasteiger partial charge in [-0.05, 0) is 42.8 Å². The predicted octanol–water partition coefficient (Wildman–Crippen LogP) is 5.06. The molecule has 0 aliphatic carbocycles. The smallest absolute Gasteiger partial charge is 0.297 e. The van der Waals surface area contributed by atoms with E-state index in [0.717, 1.165) is 5.56 Å². The number of hydrogen-bond donors (Lipinski definition) is 0. The summed E-state index contributed by atoms with van der Waals surface area (Å²) in [5, 5.41) is 10.0. The van der Waals surface area contributed by atoms with Gasteiger partial charge in [-0.2, -0.15) is 0 Å². The van der Waals surface area contributed by atoms with E-state index in [2.05, 4.69) is 10.2 Å². The summed E-state index contributed by atoms with van der Waals surface area (Å²) < 4.78 is 6.05. The summed E-state index contributed by atoms with van der Waals surface area (Å²) >= 11 is 7.25. The van der Waals surface area contributed by atoms with E-state index in [9.17, 15) is 14.4 Å². The Morgan fingerprint density at radius 3 is 2.45 bits per heavy atom. The molecule has 0 N–H and O–H groups in total. The molecule has 0 radical (unpaired) electrons. The van der Waals surface area contributed by atoms with Crippen LogP contribution in [0.1, 0.15) is 32.3 Å². The van der Waals surface area contributed by atoms with E-state index >= 15 is 0 Å². The van der Waals surface area contributed by atoms with Crippen molar-refractivity contribution in [2.24, 2.45) is 0 Å². The third-order valence-corrected chi connectivity index (χ3v) is 8.07. The summed E-state index contributed by atoms with van der Waals surface area (Å²) in [4.78, 5) is 45.8. The highest BCUT2D eigenvalue weighted by molar-refractivity contribution is 7.15. The minimum Gasteiger partial charge on any atom is -0.450 e. The topological polar surface area (TPSA) is 96.6 Å². The first-order valence-electron chi connectivity index (χ1n) is 11.8. The molecule has 1 atom stereocenters. The van der Waals surface area contributed by atoms with E-state index in [1.807, 2.05) is 24.3 Å². The lowest BCUT2D eigenvalue weighted by Gasteiger charge is -2.32. The molecule has 5 aromatic rings. The van der Waals surface area contributed by atoms with Crippen LogP contribution in [0.3, 0.4) is 0 Å². The molecule has 0 saturated heterocycles. The fourth-order valence-electron chi connectivity index (χ4n) is 5.42. The fraction of sp³-hybridized carbons (Fsp3) is 0.107. The average Bonchev–Trinajstić information content (AvgIpc) is 3.54. The van der Waals surface area contributed by atoms with Crippen molar-refractivity contribution in [3.8, 4) is 0 Å². The Morgan fingerprint density at radius 1 is 0.947 bits per heavy atom. The number of carbonyl (C=O) groups is 2. The van der Waals surface area contributed by atoms with Gasteiger partial charge in [-0.3, -0.25) is 19.3 Å². The van der Waals surface area contributed by atoms with E-state index in [4.69, 9.17) is 16.0 Å². The number of carbonyl (C=O) groups excluding carboxylic acids is 2. The number of rotatable bonds is 3. The monoisotopic (exact) mass is 540 g/mol. The van der Waals surface area contributed by atoms with Gasteiger partial charge < -0.3 is 9.32 Å². The van der Waals surface area contributed by atoms with Crippen molar-refractivity contribution in [1.82, 2.24) is 10.2 Å². The molecule has 1 spiro atoms. The van der Waals surface area contributed by atoms with Crippen LogP contribution in [0.2, 0.25) is 5.02 Å². The molecule has 2 aliphatic heterocycles. The number of fused-ring (bicyclic) bond motifs is 5. The van der Waals surface area contributed by atoms with Gasteiger partial charge in [0.1, 0.15) is 10.6 Å². The van der Waals surface area contributed by atoms with Crippen LogP contribution in [0, 0.1) is 6.92 Å². The van der Waals surface area contributed by atoms with Crippen LogP contribution in [0.5, 0.6) is 0 Å². The van der Waals surface area contributed by atoms with Gasteiger partial charge in [-0.15, -0.1) is 10.2 Å². The Kier molecular flexibility index (Phi) is 4.85. The minimum absolute atomic E-state index is 0.00916. The van der Waals surface area contributed by atoms with Crippen molar-refractivity contribution in [2.75, 3.05) is 9.80 Å². The van der Waals surface area contributed by atoms with E-state index in [1.54, 1.807) is 60.4 Å². The number of halogens is 1. The van der Waals surface area contributed by atoms with Crippen LogP contribution in [0.4, 0.5) is 10.8 Å². The van der Waals surface area contributed by atoms with Gasteiger partial charge in [0.05, 0.1) is 23.2 Å². The predicted molar refractivity (Wildman–Crippen MR) is 144 cm³/mol. The molecule has 8 nitrogen and oxygen atoms in total. The lowest BCUT2D eigenvalue weighted by Crippen LogP contribution is -2.53. The number of aromatic nitrogens is 2. The molecule has 0 fully saturated rings. The number of para-hydroxylation sites is 2. The maximum absolute atomic E-state index is 14.7. The first-order valence-corrected chi connectivity index (χ1v) is 13.0. The number of nitrogens with zero attached hydrogens (tertiary/aromatic N) is 4. The molecule has 2 aliphatic rings. The molecule has 1 unspecified atom stereocenters. The van der Waals surface area contributed by atoms with Crippen molar-refractivity contribution >= 4 is 56.5 Å². The van der Waals surface area contributed by atoms with Gasteiger partial charge in [-0.25, -0.2) is 0 Å². The van der Waals surface area contributed by atoms with Gasteiger partial charge in [0.2, 0.25) is 10.9 Å². The normalized spacial score (nSPS) is 18.1. The second kappa shape index (κ2) is 8.08. The third-order valence-electron chi connectivity index (χ3n) is 6.99. The van der Waals surface area contributed by atoms with Crippen LogP contribution >= 0.6 is 22.9 Å². The Labute approximate surface area is 224 Å². The zero-order chi connectivity index (χ0) is 26.2. The highest BCUT2D eigenvalue weighted by Crippen LogP contribution is 2.54. The first-order chi connectivity index (χ1) is 18.4. The maximum Gasteiger partial charge on any atom is 0.297 e. The van der Waals surface area contributed by atoms with E-state index in [1.165, 1.54) is 16.2 Å². The Morgan fingerprint density at radius 2 is 1.68 bits per heavy atom. The molecular formula is C28H17ClN4O4S. The SMILES string of the molecule is Cc1nnc(N2C(=O)c3oc4ccccc4c(=O)c3C23C(=O)N(Cc2ccc(Cl)cc2)c2ccccc23)s1. The molecule has 38 heavy (non-hydrogen) atoms. The minimum atomic E-state index is -1.80. The summed E-state index contributed by atoms with van der Waals surface area (Å²) in [6.07, 6.45) is 0. The maximum atomic E-state index is 14.7. The van der Waals surface area contributed by atoms with Crippen molar-refractivity contribution in [3.63, 3.8) is 0 Å². The summed E-state index contributed by atoms with van der Waals surface area (Å²) in [6, 6.07) is 21.1. The molecule has 2 aromatic heterocycles. The summed E-state index contributed by atoms with van der Waals surface area (Å²) in [5.74, 6) is -1.23. The highest BCUT2D eigenvalue weighted by atomic mass is 35.5. The Hall–Kier alpha value is -4.34. The quantitative estimate of drug-likeness (QED) is 0.317. The molecule has 4 heterocycles. The molecular weight excluding hydrogens is 524 g/mol. The molecule has 2 amide bonds. The zero-order valence-corrected chi connectivity index (χ0v) is 21.4. The molecule has 3 aromatic carbocycles. The van der Waals surface area contributed by atoms with Gasteiger partial charge >= 0.3 is 0 Å². The molecule has 10 heteroatoms. The Balaban J connectivity index is 1.55.